The van der Waals surface area contributed by atoms with Crippen LogP contribution in [-0.4, -0.2) is 24.5 Å². The van der Waals surface area contributed by atoms with E-state index in [9.17, 15) is 0 Å². The van der Waals surface area contributed by atoms with E-state index in [1.807, 2.05) is 6.08 Å². The Labute approximate surface area is 102 Å². The molecule has 0 unspecified atom stereocenters. The molecule has 0 aliphatic carbocycles. The summed E-state index contributed by atoms with van der Waals surface area (Å²) in [6.07, 6.45) is 10.4. The lowest BCUT2D eigenvalue weighted by Crippen LogP contribution is -2.22. The van der Waals surface area contributed by atoms with E-state index in [4.69, 9.17) is 0 Å². The summed E-state index contributed by atoms with van der Waals surface area (Å²) in [6, 6.07) is 0. The second-order valence-corrected chi connectivity index (χ2v) is 4.02. The maximum absolute atomic E-state index is 3.20. The van der Waals surface area contributed by atoms with Gasteiger partial charge in [0, 0.05) is 13.0 Å². The van der Waals surface area contributed by atoms with Crippen molar-refractivity contribution < 1.29 is 0 Å². The smallest absolute Gasteiger partial charge is 0.0172 e. The minimum absolute atomic E-state index is 1.03. The molecule has 0 fully saturated rings. The summed E-state index contributed by atoms with van der Waals surface area (Å²) in [5, 5.41) is 0. The van der Waals surface area contributed by atoms with Crippen molar-refractivity contribution in [3.05, 3.63) is 12.2 Å². The predicted molar refractivity (Wildman–Crippen MR) is 73.5 cm³/mol. The number of unbranched alkanes of at least 4 members (excludes halogenated alkanes) is 4. The highest BCUT2D eigenvalue weighted by atomic mass is 15.1. The highest BCUT2D eigenvalue weighted by Crippen LogP contribution is 2.00. The normalized spacial score (nSPS) is 10.8. The Balaban J connectivity index is 3.47. The molecule has 0 aliphatic rings. The minimum atomic E-state index is 1.03. The van der Waals surface area contributed by atoms with Crippen molar-refractivity contribution in [1.29, 1.82) is 0 Å². The monoisotopic (exact) mass is 221 g/mol. The van der Waals surface area contributed by atoms with Gasteiger partial charge < -0.3 is 4.90 Å². The fourth-order valence-electron chi connectivity index (χ4n) is 1.51. The van der Waals surface area contributed by atoms with Gasteiger partial charge in [-0.1, -0.05) is 58.0 Å². The van der Waals surface area contributed by atoms with Crippen LogP contribution in [-0.2, 0) is 0 Å². The standard InChI is InChI=1S/C15H27N/c1-4-7-8-9-10-11-12-13-14-15-16(5-2)6-3/h13-14H,4-10,15H2,1-3H3. The third kappa shape index (κ3) is 9.80. The molecule has 0 atom stereocenters. The first kappa shape index (κ1) is 15.3. The van der Waals surface area contributed by atoms with Crippen molar-refractivity contribution in [1.82, 2.24) is 4.90 Å². The number of allylic oxidation sites excluding steroid dienone is 1. The Bertz CT molecular complexity index is 215. The number of rotatable bonds is 8. The highest BCUT2D eigenvalue weighted by Gasteiger charge is 1.92. The SMILES string of the molecule is CCCCCCC#CC=CCN(CC)CC. The zero-order valence-electron chi connectivity index (χ0n) is 11.3. The maximum Gasteiger partial charge on any atom is 0.0172 e. The molecule has 0 aromatic heterocycles. The van der Waals surface area contributed by atoms with Gasteiger partial charge in [-0.25, -0.2) is 0 Å². The summed E-state index contributed by atoms with van der Waals surface area (Å²) in [7, 11) is 0. The number of hydrogen-bond donors (Lipinski definition) is 0. The average molecular weight is 221 g/mol. The van der Waals surface area contributed by atoms with Crippen molar-refractivity contribution in [3.8, 4) is 11.8 Å². The molecule has 0 aromatic carbocycles. The van der Waals surface area contributed by atoms with Crippen LogP contribution in [0.2, 0.25) is 0 Å². The molecule has 0 saturated heterocycles. The molecule has 0 saturated carbocycles. The molecule has 0 bridgehead atoms. The quantitative estimate of drug-likeness (QED) is 0.444. The van der Waals surface area contributed by atoms with Crippen LogP contribution >= 0.6 is 0 Å². The Morgan fingerprint density at radius 3 is 2.38 bits per heavy atom. The van der Waals surface area contributed by atoms with E-state index in [2.05, 4.69) is 43.6 Å². The van der Waals surface area contributed by atoms with Gasteiger partial charge in [0.2, 0.25) is 0 Å². The molecule has 0 amide bonds. The van der Waals surface area contributed by atoms with Crippen LogP contribution in [0.25, 0.3) is 0 Å². The van der Waals surface area contributed by atoms with Gasteiger partial charge in [0.15, 0.2) is 0 Å². The van der Waals surface area contributed by atoms with E-state index in [0.29, 0.717) is 0 Å². The summed E-state index contributed by atoms with van der Waals surface area (Å²) in [5.74, 6) is 6.31. The summed E-state index contributed by atoms with van der Waals surface area (Å²) in [5.41, 5.74) is 0. The molecule has 0 heterocycles. The largest absolute Gasteiger partial charge is 0.300 e. The van der Waals surface area contributed by atoms with E-state index >= 15 is 0 Å². The molecule has 0 N–H and O–H groups in total. The van der Waals surface area contributed by atoms with Crippen molar-refractivity contribution in [2.75, 3.05) is 19.6 Å². The van der Waals surface area contributed by atoms with Crippen molar-refractivity contribution in [2.45, 2.75) is 52.9 Å². The fraction of sp³-hybridized carbons (Fsp3) is 0.733. The van der Waals surface area contributed by atoms with Crippen molar-refractivity contribution in [3.63, 3.8) is 0 Å². The highest BCUT2D eigenvalue weighted by molar-refractivity contribution is 5.15. The zero-order chi connectivity index (χ0) is 12.1. The van der Waals surface area contributed by atoms with Gasteiger partial charge in [0.05, 0.1) is 0 Å². The first-order valence-corrected chi connectivity index (χ1v) is 6.70. The Morgan fingerprint density at radius 2 is 1.75 bits per heavy atom. The molecule has 0 spiro atoms. The summed E-state index contributed by atoms with van der Waals surface area (Å²) >= 11 is 0. The van der Waals surface area contributed by atoms with E-state index in [1.54, 1.807) is 0 Å². The molecular weight excluding hydrogens is 194 g/mol. The topological polar surface area (TPSA) is 3.24 Å². The van der Waals surface area contributed by atoms with Crippen LogP contribution in [0.5, 0.6) is 0 Å². The Kier molecular flexibility index (Phi) is 11.8. The van der Waals surface area contributed by atoms with Gasteiger partial charge in [0.1, 0.15) is 0 Å². The van der Waals surface area contributed by atoms with Gasteiger partial charge in [0.25, 0.3) is 0 Å². The zero-order valence-corrected chi connectivity index (χ0v) is 11.3. The van der Waals surface area contributed by atoms with E-state index < -0.39 is 0 Å². The summed E-state index contributed by atoms with van der Waals surface area (Å²) < 4.78 is 0. The number of likely N-dealkylation sites (N-methyl/N-ethyl adjacent to an activating group) is 1. The molecule has 1 nitrogen and oxygen atoms in total. The molecule has 1 heteroatoms. The number of hydrogen-bond acceptors (Lipinski definition) is 1. The summed E-state index contributed by atoms with van der Waals surface area (Å²) in [4.78, 5) is 2.37. The van der Waals surface area contributed by atoms with Crippen LogP contribution in [0.15, 0.2) is 12.2 Å². The lowest BCUT2D eigenvalue weighted by Gasteiger charge is -2.14. The van der Waals surface area contributed by atoms with E-state index in [0.717, 1.165) is 26.1 Å². The summed E-state index contributed by atoms with van der Waals surface area (Å²) in [6.45, 7) is 9.88. The number of nitrogens with zero attached hydrogens (tertiary/aromatic N) is 1. The van der Waals surface area contributed by atoms with Gasteiger partial charge in [-0.3, -0.25) is 0 Å². The second-order valence-electron chi connectivity index (χ2n) is 4.02. The molecule has 0 radical (unpaired) electrons. The van der Waals surface area contributed by atoms with E-state index in [1.165, 1.54) is 25.7 Å². The van der Waals surface area contributed by atoms with Gasteiger partial charge >= 0.3 is 0 Å². The third-order valence-electron chi connectivity index (χ3n) is 2.72. The average Bonchev–Trinajstić information content (AvgIpc) is 2.32. The predicted octanol–water partition coefficient (Wildman–Crippen LogP) is 3.86. The molecule has 0 aliphatic heterocycles. The van der Waals surface area contributed by atoms with Gasteiger partial charge in [-0.05, 0) is 25.6 Å². The minimum Gasteiger partial charge on any atom is -0.300 e. The van der Waals surface area contributed by atoms with Gasteiger partial charge in [-0.2, -0.15) is 0 Å². The molecule has 0 rings (SSSR count). The van der Waals surface area contributed by atoms with Crippen molar-refractivity contribution in [2.24, 2.45) is 0 Å². The fourth-order valence-corrected chi connectivity index (χ4v) is 1.51. The third-order valence-corrected chi connectivity index (χ3v) is 2.72. The van der Waals surface area contributed by atoms with Crippen LogP contribution in [0.4, 0.5) is 0 Å². The van der Waals surface area contributed by atoms with Gasteiger partial charge in [-0.15, -0.1) is 0 Å². The Morgan fingerprint density at radius 1 is 1.00 bits per heavy atom. The van der Waals surface area contributed by atoms with Crippen LogP contribution in [0.3, 0.4) is 0 Å². The molecule has 92 valence electrons. The second kappa shape index (κ2) is 12.3. The van der Waals surface area contributed by atoms with Crippen LogP contribution in [0, 0.1) is 11.8 Å². The molecule has 16 heavy (non-hydrogen) atoms. The first-order valence-electron chi connectivity index (χ1n) is 6.70. The van der Waals surface area contributed by atoms with Crippen LogP contribution in [0.1, 0.15) is 52.9 Å². The lowest BCUT2D eigenvalue weighted by atomic mass is 10.2. The molecule has 0 aromatic rings. The van der Waals surface area contributed by atoms with E-state index in [-0.39, 0.29) is 0 Å². The van der Waals surface area contributed by atoms with Crippen molar-refractivity contribution >= 4 is 0 Å². The maximum atomic E-state index is 3.20. The molecular formula is C15H27N. The first-order chi connectivity index (χ1) is 7.85. The lowest BCUT2D eigenvalue weighted by molar-refractivity contribution is 0.337. The van der Waals surface area contributed by atoms with Crippen LogP contribution < -0.4 is 0 Å². The Hall–Kier alpha value is -0.740.